The lowest BCUT2D eigenvalue weighted by atomic mass is 9.44. The number of hydrogen-bond donors (Lipinski definition) is 4. The first-order chi connectivity index (χ1) is 33.1. The summed E-state index contributed by atoms with van der Waals surface area (Å²) in [6.07, 6.45) is -11.4. The lowest BCUT2D eigenvalue weighted by molar-refractivity contribution is -0.346. The number of aliphatic carboxylic acids is 1. The number of carbonyl (C=O) groups is 8. The average molecular weight is 970 g/mol. The van der Waals surface area contributed by atoms with Gasteiger partial charge < -0.3 is 53.8 Å². The highest BCUT2D eigenvalue weighted by molar-refractivity contribution is 5.96. The highest BCUT2D eigenvalue weighted by Crippen LogP contribution is 2.65. The molecule has 2 bridgehead atoms. The first-order valence-electron chi connectivity index (χ1n) is 22.6. The summed E-state index contributed by atoms with van der Waals surface area (Å²) in [6.45, 7) is 5.76. The minimum Gasteiger partial charge on any atom is -0.480 e. The maximum atomic E-state index is 16.0. The van der Waals surface area contributed by atoms with Gasteiger partial charge in [0.1, 0.15) is 43.2 Å². The molecule has 3 aliphatic carbocycles. The molecule has 1 aliphatic heterocycles. The number of rotatable bonds is 15. The number of esters is 5. The molecule has 1 saturated heterocycles. The fourth-order valence-corrected chi connectivity index (χ4v) is 10.7. The first kappa shape index (κ1) is 51.1. The maximum Gasteiger partial charge on any atom is 0.338 e. The maximum absolute atomic E-state index is 16.0. The Morgan fingerprint density at radius 3 is 1.96 bits per heavy atom. The van der Waals surface area contributed by atoms with E-state index in [1.54, 1.807) is 66.7 Å². The molecule has 3 aromatic carbocycles. The fourth-order valence-electron chi connectivity index (χ4n) is 10.7. The van der Waals surface area contributed by atoms with E-state index in [1.165, 1.54) is 52.0 Å². The molecule has 0 radical (unpaired) electrons. The number of aliphatic hydroxyl groups is 2. The van der Waals surface area contributed by atoms with Crippen LogP contribution in [0.5, 0.6) is 0 Å². The van der Waals surface area contributed by atoms with Crippen molar-refractivity contribution in [3.05, 3.63) is 119 Å². The van der Waals surface area contributed by atoms with Gasteiger partial charge in [0.25, 0.3) is 5.91 Å². The molecule has 19 nitrogen and oxygen atoms in total. The van der Waals surface area contributed by atoms with Crippen LogP contribution in [0.1, 0.15) is 86.7 Å². The summed E-state index contributed by atoms with van der Waals surface area (Å²) < 4.78 is 41.6. The van der Waals surface area contributed by atoms with Crippen LogP contribution in [0.15, 0.2) is 102 Å². The van der Waals surface area contributed by atoms with Crippen LogP contribution < -0.4 is 5.32 Å². The quantitative estimate of drug-likeness (QED) is 0.0965. The molecule has 19 heteroatoms. The Morgan fingerprint density at radius 1 is 0.800 bits per heavy atom. The van der Waals surface area contributed by atoms with Crippen molar-refractivity contribution in [2.45, 2.75) is 108 Å². The van der Waals surface area contributed by atoms with E-state index in [9.17, 15) is 43.8 Å². The molecular formula is C51H55NO18. The summed E-state index contributed by atoms with van der Waals surface area (Å²) >= 11 is 0. The number of Topliss-reactive ketones (excluding diaryl/α,β-unsaturated/α-hetero) is 1. The van der Waals surface area contributed by atoms with Crippen LogP contribution in [0.2, 0.25) is 0 Å². The summed E-state index contributed by atoms with van der Waals surface area (Å²) in [6, 6.07) is 22.4. The van der Waals surface area contributed by atoms with Crippen molar-refractivity contribution in [3.8, 4) is 0 Å². The molecule has 1 heterocycles. The summed E-state index contributed by atoms with van der Waals surface area (Å²) in [4.78, 5) is 110. The standard InChI is InChI=1S/C51H55NO18/c1-27-33(67-47(62)40(58)39(30-16-10-7-11-17-30)52-45(60)31-18-12-8-13-19-31)23-51(63)44(69-46(61)32-20-14-9-15-21-32)42-49(6,43(59)41(66-28(2)53)38(27)48(51,4)5)34(68-37(57)25-64-24-36(55)56)22-35-50(42,26-65-35)70-29(3)54/h7-21,33-35,39-42,44,58,63H,22-26H2,1-6H3,(H,52,60)(H,55,56)/t33-,34-,35+,39-,40+,41+,42-,44-,49+,50-,51+/m0/s1. The van der Waals surface area contributed by atoms with E-state index >= 15 is 4.79 Å². The van der Waals surface area contributed by atoms with E-state index in [-0.39, 0.29) is 28.7 Å². The molecule has 4 N–H and O–H groups in total. The number of carbonyl (C=O) groups excluding carboxylic acids is 7. The number of ketones is 1. The van der Waals surface area contributed by atoms with E-state index in [2.05, 4.69) is 5.32 Å². The van der Waals surface area contributed by atoms with Crippen LogP contribution in [0.3, 0.4) is 0 Å². The first-order valence-corrected chi connectivity index (χ1v) is 22.6. The van der Waals surface area contributed by atoms with Gasteiger partial charge in [0.15, 0.2) is 23.6 Å². The third-order valence-electron chi connectivity index (χ3n) is 14.2. The van der Waals surface area contributed by atoms with Crippen molar-refractivity contribution in [2.75, 3.05) is 19.8 Å². The summed E-state index contributed by atoms with van der Waals surface area (Å²) in [5.74, 6) is -10.0. The van der Waals surface area contributed by atoms with Gasteiger partial charge in [-0.05, 0) is 54.8 Å². The predicted octanol–water partition coefficient (Wildman–Crippen LogP) is 3.39. The van der Waals surface area contributed by atoms with Crippen molar-refractivity contribution in [1.82, 2.24) is 5.32 Å². The van der Waals surface area contributed by atoms with E-state index < -0.39 is 144 Å². The van der Waals surface area contributed by atoms with Crippen molar-refractivity contribution in [2.24, 2.45) is 16.7 Å². The number of hydrogen-bond acceptors (Lipinski definition) is 17. The smallest absolute Gasteiger partial charge is 0.338 e. The Kier molecular flexibility index (Phi) is 14.5. The van der Waals surface area contributed by atoms with Gasteiger partial charge in [-0.1, -0.05) is 80.6 Å². The molecule has 11 atom stereocenters. The zero-order valence-electron chi connectivity index (χ0n) is 39.3. The normalized spacial score (nSPS) is 29.4. The monoisotopic (exact) mass is 969 g/mol. The van der Waals surface area contributed by atoms with Crippen molar-refractivity contribution in [1.29, 1.82) is 0 Å². The van der Waals surface area contributed by atoms with Gasteiger partial charge in [0.05, 0.1) is 29.5 Å². The zero-order valence-corrected chi connectivity index (χ0v) is 39.3. The second-order valence-corrected chi connectivity index (χ2v) is 18.7. The number of carboxylic acids is 1. The second-order valence-electron chi connectivity index (χ2n) is 18.7. The molecule has 3 aromatic rings. The van der Waals surface area contributed by atoms with E-state index in [4.69, 9.17) is 38.3 Å². The highest BCUT2D eigenvalue weighted by Gasteiger charge is 2.79. The Morgan fingerprint density at radius 2 is 1.40 bits per heavy atom. The van der Waals surface area contributed by atoms with Crippen LogP contribution in [-0.4, -0.2) is 130 Å². The SMILES string of the molecule is CC(=O)O[C@H]1C(=O)[C@]2(C)[C@@H](OC(=O)COCC(=O)O)C[C@H]3OC[C@@]3(OC(C)=O)[C@H]2[C@H](OC(=O)c2ccccc2)[C@]2(O)C[C@H](OC(=O)[C@H](O)[C@@H](NC(=O)c3ccccc3)c3ccccc3)C(C)=C1C2(C)C. The topological polar surface area (TPSA) is 274 Å². The molecule has 0 spiro atoms. The third-order valence-corrected chi connectivity index (χ3v) is 14.2. The predicted molar refractivity (Wildman–Crippen MR) is 240 cm³/mol. The Bertz CT molecular complexity index is 2570. The molecule has 2 saturated carbocycles. The molecule has 372 valence electrons. The van der Waals surface area contributed by atoms with Crippen LogP contribution in [0.25, 0.3) is 0 Å². The van der Waals surface area contributed by atoms with E-state index in [0.717, 1.165) is 13.8 Å². The molecule has 7 rings (SSSR count). The summed E-state index contributed by atoms with van der Waals surface area (Å²) in [7, 11) is 0. The molecule has 0 unspecified atom stereocenters. The lowest BCUT2D eigenvalue weighted by Gasteiger charge is -2.67. The van der Waals surface area contributed by atoms with Crippen LogP contribution in [-0.2, 0) is 61.9 Å². The Hall–Kier alpha value is -6.80. The molecule has 3 fully saturated rings. The minimum atomic E-state index is -2.53. The average Bonchev–Trinajstić information content (AvgIpc) is 3.31. The number of nitrogens with one attached hydrogen (secondary N) is 1. The summed E-state index contributed by atoms with van der Waals surface area (Å²) in [5.41, 5.74) is -7.97. The number of ether oxygens (including phenoxy) is 7. The number of fused-ring (bicyclic) bond motifs is 5. The Balaban J connectivity index is 1.41. The molecule has 4 aliphatic rings. The molecule has 70 heavy (non-hydrogen) atoms. The van der Waals surface area contributed by atoms with Gasteiger partial charge >= 0.3 is 35.8 Å². The minimum absolute atomic E-state index is 0.00699. The van der Waals surface area contributed by atoms with Crippen LogP contribution >= 0.6 is 0 Å². The second kappa shape index (κ2) is 19.9. The third kappa shape index (κ3) is 9.33. The molecular weight excluding hydrogens is 915 g/mol. The van der Waals surface area contributed by atoms with Gasteiger partial charge in [0.2, 0.25) is 0 Å². The number of aliphatic hydroxyl groups excluding tert-OH is 1. The van der Waals surface area contributed by atoms with Gasteiger partial charge in [-0.2, -0.15) is 0 Å². The zero-order chi connectivity index (χ0) is 50.9. The largest absolute Gasteiger partial charge is 0.480 e. The van der Waals surface area contributed by atoms with Gasteiger partial charge in [-0.25, -0.2) is 19.2 Å². The summed E-state index contributed by atoms with van der Waals surface area (Å²) in [5, 5.41) is 37.7. The van der Waals surface area contributed by atoms with Crippen molar-refractivity contribution >= 4 is 47.5 Å². The molecule has 1 amide bonds. The van der Waals surface area contributed by atoms with E-state index in [1.807, 2.05) is 0 Å². The van der Waals surface area contributed by atoms with Crippen molar-refractivity contribution < 1.29 is 86.8 Å². The Labute approximate surface area is 402 Å². The number of amides is 1. The van der Waals surface area contributed by atoms with Gasteiger partial charge in [0, 0.05) is 37.7 Å². The molecule has 0 aromatic heterocycles. The van der Waals surface area contributed by atoms with Crippen LogP contribution in [0, 0.1) is 16.7 Å². The lowest BCUT2D eigenvalue weighted by Crippen LogP contribution is -2.82. The van der Waals surface area contributed by atoms with E-state index in [0.29, 0.717) is 5.56 Å². The van der Waals surface area contributed by atoms with Crippen LogP contribution in [0.4, 0.5) is 0 Å². The number of benzene rings is 3. The van der Waals surface area contributed by atoms with Gasteiger partial charge in [-0.15, -0.1) is 0 Å². The number of carboxylic acid groups (broad SMARTS) is 1. The highest BCUT2D eigenvalue weighted by atomic mass is 16.6. The fraction of sp³-hybridized carbons (Fsp3) is 0.451. The van der Waals surface area contributed by atoms with Gasteiger partial charge in [-0.3, -0.25) is 19.2 Å². The van der Waals surface area contributed by atoms with Crippen molar-refractivity contribution in [3.63, 3.8) is 0 Å².